The Hall–Kier alpha value is -2.33. The summed E-state index contributed by atoms with van der Waals surface area (Å²) in [6.45, 7) is 4.87. The first-order chi connectivity index (χ1) is 12.3. The van der Waals surface area contributed by atoms with Crippen molar-refractivity contribution < 1.29 is 0 Å². The van der Waals surface area contributed by atoms with Gasteiger partial charge in [-0.3, -0.25) is 4.90 Å². The highest BCUT2D eigenvalue weighted by molar-refractivity contribution is 5.94. The van der Waals surface area contributed by atoms with Gasteiger partial charge in [0.2, 0.25) is 0 Å². The Morgan fingerprint density at radius 1 is 1.12 bits per heavy atom. The molecule has 2 aromatic heterocycles. The monoisotopic (exact) mass is 332 g/mol. The van der Waals surface area contributed by atoms with E-state index < -0.39 is 0 Å². The molecule has 3 aromatic rings. The number of pyridine rings is 1. The van der Waals surface area contributed by atoms with E-state index in [2.05, 4.69) is 58.5 Å². The van der Waals surface area contributed by atoms with Gasteiger partial charge in [-0.1, -0.05) is 12.1 Å². The van der Waals surface area contributed by atoms with Crippen molar-refractivity contribution in [1.82, 2.24) is 14.9 Å². The fourth-order valence-electron chi connectivity index (χ4n) is 4.69. The molecule has 0 radical (unpaired) electrons. The highest BCUT2D eigenvalue weighted by Crippen LogP contribution is 2.34. The van der Waals surface area contributed by atoms with Crippen LogP contribution in [0.1, 0.15) is 19.8 Å². The van der Waals surface area contributed by atoms with Gasteiger partial charge in [-0.05, 0) is 68.6 Å². The van der Waals surface area contributed by atoms with Crippen molar-refractivity contribution in [2.45, 2.75) is 31.8 Å². The van der Waals surface area contributed by atoms with Crippen LogP contribution in [0.15, 0.2) is 48.8 Å². The molecule has 2 bridgehead atoms. The molecule has 0 spiro atoms. The topological polar surface area (TPSA) is 44.0 Å². The van der Waals surface area contributed by atoms with Crippen molar-refractivity contribution >= 4 is 16.7 Å². The first-order valence-electron chi connectivity index (χ1n) is 9.33. The summed E-state index contributed by atoms with van der Waals surface area (Å²) >= 11 is 0. The molecule has 3 saturated heterocycles. The molecule has 0 aliphatic carbocycles. The average molecular weight is 332 g/mol. The number of rotatable bonds is 3. The molecule has 25 heavy (non-hydrogen) atoms. The Balaban J connectivity index is 1.40. The first kappa shape index (κ1) is 15.0. The number of H-pyrrole nitrogens is 1. The predicted molar refractivity (Wildman–Crippen MR) is 103 cm³/mol. The molecule has 3 fully saturated rings. The molecular formula is C21H24N4. The number of hydrogen-bond donors (Lipinski definition) is 2. The number of fused-ring (bicyclic) bond motifs is 4. The number of aromatic nitrogens is 2. The molecule has 3 aliphatic heterocycles. The summed E-state index contributed by atoms with van der Waals surface area (Å²) < 4.78 is 0. The van der Waals surface area contributed by atoms with Gasteiger partial charge in [0, 0.05) is 40.9 Å². The minimum absolute atomic E-state index is 0.522. The Morgan fingerprint density at radius 2 is 2.00 bits per heavy atom. The van der Waals surface area contributed by atoms with Crippen molar-refractivity contribution in [2.75, 3.05) is 18.4 Å². The van der Waals surface area contributed by atoms with Crippen LogP contribution in [0.2, 0.25) is 0 Å². The molecule has 2 N–H and O–H groups in total. The quantitative estimate of drug-likeness (QED) is 0.758. The highest BCUT2D eigenvalue weighted by Gasteiger charge is 2.39. The van der Waals surface area contributed by atoms with E-state index in [9.17, 15) is 0 Å². The number of aromatic amines is 1. The fourth-order valence-corrected chi connectivity index (χ4v) is 4.69. The van der Waals surface area contributed by atoms with E-state index >= 15 is 0 Å². The standard InChI is InChI=1S/C21H24N4/c1-14-21(15-8-11-25(14)12-9-15)24-20-6-5-16(13-23-20)17-3-2-4-19-18(17)7-10-22-19/h2-7,10,13-15,21-22H,8-9,11-12H2,1H3,(H,23,24). The second-order valence-corrected chi connectivity index (χ2v) is 7.46. The zero-order valence-electron chi connectivity index (χ0n) is 14.6. The van der Waals surface area contributed by atoms with Crippen LogP contribution >= 0.6 is 0 Å². The average Bonchev–Trinajstić information content (AvgIpc) is 3.14. The van der Waals surface area contributed by atoms with Crippen molar-refractivity contribution in [2.24, 2.45) is 5.92 Å². The van der Waals surface area contributed by atoms with Crippen molar-refractivity contribution in [3.8, 4) is 11.1 Å². The van der Waals surface area contributed by atoms with Gasteiger partial charge in [0.25, 0.3) is 0 Å². The number of nitrogens with one attached hydrogen (secondary N) is 2. The van der Waals surface area contributed by atoms with E-state index in [4.69, 9.17) is 4.98 Å². The predicted octanol–water partition coefficient (Wildman–Crippen LogP) is 4.12. The van der Waals surface area contributed by atoms with E-state index in [0.29, 0.717) is 12.1 Å². The van der Waals surface area contributed by atoms with Crippen LogP contribution in [0.4, 0.5) is 5.82 Å². The second kappa shape index (κ2) is 5.88. The van der Waals surface area contributed by atoms with Crippen molar-refractivity contribution in [3.05, 3.63) is 48.8 Å². The summed E-state index contributed by atoms with van der Waals surface area (Å²) in [4.78, 5) is 10.6. The molecule has 0 saturated carbocycles. The number of hydrogen-bond acceptors (Lipinski definition) is 3. The molecule has 2 atom stereocenters. The molecule has 2 unspecified atom stereocenters. The molecule has 3 aliphatic rings. The third-order valence-corrected chi connectivity index (χ3v) is 6.16. The molecule has 0 amide bonds. The summed E-state index contributed by atoms with van der Waals surface area (Å²) in [7, 11) is 0. The fraction of sp³-hybridized carbons (Fsp3) is 0.381. The van der Waals surface area contributed by atoms with Gasteiger partial charge in [0.1, 0.15) is 5.82 Å². The number of nitrogens with zero attached hydrogens (tertiary/aromatic N) is 2. The summed E-state index contributed by atoms with van der Waals surface area (Å²) in [5, 5.41) is 4.96. The van der Waals surface area contributed by atoms with Gasteiger partial charge in [-0.15, -0.1) is 0 Å². The molecule has 6 rings (SSSR count). The van der Waals surface area contributed by atoms with E-state index in [0.717, 1.165) is 17.3 Å². The van der Waals surface area contributed by atoms with Crippen LogP contribution in [0.5, 0.6) is 0 Å². The largest absolute Gasteiger partial charge is 0.365 e. The maximum absolute atomic E-state index is 4.72. The lowest BCUT2D eigenvalue weighted by atomic mass is 9.79. The Morgan fingerprint density at radius 3 is 2.76 bits per heavy atom. The van der Waals surface area contributed by atoms with Crippen LogP contribution in [-0.2, 0) is 0 Å². The van der Waals surface area contributed by atoms with Crippen LogP contribution in [0.3, 0.4) is 0 Å². The van der Waals surface area contributed by atoms with Gasteiger partial charge >= 0.3 is 0 Å². The van der Waals surface area contributed by atoms with Gasteiger partial charge in [-0.25, -0.2) is 4.98 Å². The molecule has 4 heteroatoms. The lowest BCUT2D eigenvalue weighted by Gasteiger charge is -2.50. The SMILES string of the molecule is CC1C(Nc2ccc(-c3cccc4[nH]ccc34)cn2)C2CCN1CC2. The van der Waals surface area contributed by atoms with Gasteiger partial charge < -0.3 is 10.3 Å². The third kappa shape index (κ3) is 2.52. The summed E-state index contributed by atoms with van der Waals surface area (Å²) in [5.41, 5.74) is 3.56. The highest BCUT2D eigenvalue weighted by atomic mass is 15.2. The number of anilines is 1. The Kier molecular flexibility index (Phi) is 3.52. The Labute approximate surface area is 148 Å². The zero-order chi connectivity index (χ0) is 16.8. The van der Waals surface area contributed by atoms with E-state index in [1.807, 2.05) is 12.4 Å². The third-order valence-electron chi connectivity index (χ3n) is 6.16. The molecule has 5 heterocycles. The minimum Gasteiger partial charge on any atom is -0.365 e. The number of piperidine rings is 3. The van der Waals surface area contributed by atoms with Gasteiger partial charge in [-0.2, -0.15) is 0 Å². The maximum Gasteiger partial charge on any atom is 0.126 e. The first-order valence-corrected chi connectivity index (χ1v) is 9.33. The van der Waals surface area contributed by atoms with Crippen LogP contribution < -0.4 is 5.32 Å². The second-order valence-electron chi connectivity index (χ2n) is 7.46. The minimum atomic E-state index is 0.522. The summed E-state index contributed by atoms with van der Waals surface area (Å²) in [6, 6.07) is 13.9. The van der Waals surface area contributed by atoms with Gasteiger partial charge in [0.05, 0.1) is 0 Å². The van der Waals surface area contributed by atoms with Crippen LogP contribution in [-0.4, -0.2) is 40.0 Å². The molecular weight excluding hydrogens is 308 g/mol. The summed E-state index contributed by atoms with van der Waals surface area (Å²) in [5.74, 6) is 1.78. The van der Waals surface area contributed by atoms with Crippen molar-refractivity contribution in [1.29, 1.82) is 0 Å². The lowest BCUT2D eigenvalue weighted by molar-refractivity contribution is 0.0457. The molecule has 4 nitrogen and oxygen atoms in total. The molecule has 128 valence electrons. The Bertz CT molecular complexity index is 872. The summed E-state index contributed by atoms with van der Waals surface area (Å²) in [6.07, 6.45) is 6.62. The molecule has 1 aromatic carbocycles. The van der Waals surface area contributed by atoms with Crippen LogP contribution in [0.25, 0.3) is 22.0 Å². The smallest absolute Gasteiger partial charge is 0.126 e. The van der Waals surface area contributed by atoms with Crippen molar-refractivity contribution in [3.63, 3.8) is 0 Å². The van der Waals surface area contributed by atoms with Gasteiger partial charge in [0.15, 0.2) is 0 Å². The lowest BCUT2D eigenvalue weighted by Crippen LogP contribution is -2.59. The normalized spacial score (nSPS) is 28.4. The van der Waals surface area contributed by atoms with E-state index in [1.54, 1.807) is 0 Å². The maximum atomic E-state index is 4.72. The zero-order valence-corrected chi connectivity index (χ0v) is 14.6. The van der Waals surface area contributed by atoms with E-state index in [-0.39, 0.29) is 0 Å². The van der Waals surface area contributed by atoms with Crippen LogP contribution in [0, 0.1) is 5.92 Å². The van der Waals surface area contributed by atoms with E-state index in [1.165, 1.54) is 42.4 Å². The number of benzene rings is 1.